The molecule has 1 unspecified atom stereocenters. The van der Waals surface area contributed by atoms with E-state index in [2.05, 4.69) is 0 Å². The van der Waals surface area contributed by atoms with E-state index in [4.69, 9.17) is 9.47 Å². The number of carbonyl (C=O) groups is 1. The van der Waals surface area contributed by atoms with Crippen LogP contribution in [0, 0.1) is 0 Å². The molecule has 8 heteroatoms. The Balaban J connectivity index is 1.65. The number of benzene rings is 1. The zero-order chi connectivity index (χ0) is 20.9. The third-order valence-electron chi connectivity index (χ3n) is 5.80. The fourth-order valence-corrected chi connectivity index (χ4v) is 4.09. The Morgan fingerprint density at radius 3 is 2.41 bits per heavy atom. The molecule has 1 aliphatic heterocycles. The van der Waals surface area contributed by atoms with Gasteiger partial charge in [0.05, 0.1) is 13.7 Å². The van der Waals surface area contributed by atoms with Crippen LogP contribution in [0.25, 0.3) is 0 Å². The van der Waals surface area contributed by atoms with Crippen LogP contribution in [0.2, 0.25) is 0 Å². The van der Waals surface area contributed by atoms with Crippen LogP contribution in [-0.2, 0) is 9.53 Å². The first-order valence-corrected chi connectivity index (χ1v) is 9.18. The van der Waals surface area contributed by atoms with Crippen LogP contribution in [0.4, 0.5) is 0 Å². The van der Waals surface area contributed by atoms with Gasteiger partial charge in [0.1, 0.15) is 24.1 Å². The van der Waals surface area contributed by atoms with Crippen molar-refractivity contribution in [2.45, 2.75) is 36.1 Å². The lowest BCUT2D eigenvalue weighted by Crippen LogP contribution is -2.70. The number of methoxy groups -OCH3 is 1. The van der Waals surface area contributed by atoms with Crippen molar-refractivity contribution in [3.8, 4) is 5.75 Å². The van der Waals surface area contributed by atoms with Gasteiger partial charge in [0.2, 0.25) is 0 Å². The largest absolute Gasteiger partial charge is 0.497 e. The second-order valence-electron chi connectivity index (χ2n) is 7.34. The summed E-state index contributed by atoms with van der Waals surface area (Å²) >= 11 is 0. The fourth-order valence-electron chi connectivity index (χ4n) is 4.09. The van der Waals surface area contributed by atoms with Gasteiger partial charge in [-0.05, 0) is 28.8 Å². The molecule has 1 saturated heterocycles. The molecule has 1 fully saturated rings. The second kappa shape index (κ2) is 7.17. The molecule has 0 spiro atoms. The molecule has 0 radical (unpaired) electrons. The summed E-state index contributed by atoms with van der Waals surface area (Å²) in [5, 5.41) is 50.8. The summed E-state index contributed by atoms with van der Waals surface area (Å²) in [6.45, 7) is -0.749. The minimum atomic E-state index is -2.73. The molecule has 0 saturated carbocycles. The van der Waals surface area contributed by atoms with Crippen molar-refractivity contribution >= 4 is 5.78 Å². The van der Waals surface area contributed by atoms with E-state index in [1.54, 1.807) is 31.4 Å². The number of ketones is 1. The maximum Gasteiger partial charge on any atom is 0.200 e. The number of aliphatic hydroxyl groups is 5. The number of allylic oxidation sites excluding steroid dienone is 5. The summed E-state index contributed by atoms with van der Waals surface area (Å²) < 4.78 is 10.0. The lowest BCUT2D eigenvalue weighted by Gasteiger charge is -2.46. The van der Waals surface area contributed by atoms with Crippen molar-refractivity contribution in [1.29, 1.82) is 0 Å². The monoisotopic (exact) mass is 402 g/mol. The van der Waals surface area contributed by atoms with E-state index < -0.39 is 42.6 Å². The van der Waals surface area contributed by atoms with E-state index in [1.807, 2.05) is 12.1 Å². The molecule has 2 bridgehead atoms. The van der Waals surface area contributed by atoms with Gasteiger partial charge >= 0.3 is 0 Å². The number of ether oxygens (including phenoxy) is 2. The van der Waals surface area contributed by atoms with Gasteiger partial charge in [0, 0.05) is 11.5 Å². The quantitative estimate of drug-likeness (QED) is 0.437. The SMILES string of the molecule is COc1ccc(C2C3=CC=C(C(=O)[C@]4(O)[C@H](O)[C@@H](CO)O[C@@H](O)[C@@H]4O)C2=C3)cc1. The number of hydrogen-bond donors (Lipinski definition) is 5. The van der Waals surface area contributed by atoms with Gasteiger partial charge < -0.3 is 35.0 Å². The summed E-state index contributed by atoms with van der Waals surface area (Å²) in [7, 11) is 1.57. The van der Waals surface area contributed by atoms with Crippen LogP contribution in [-0.4, -0.2) is 75.2 Å². The van der Waals surface area contributed by atoms with Crippen molar-refractivity contribution in [3.05, 3.63) is 64.8 Å². The zero-order valence-corrected chi connectivity index (χ0v) is 15.6. The highest BCUT2D eigenvalue weighted by molar-refractivity contribution is 6.08. The van der Waals surface area contributed by atoms with Gasteiger partial charge in [0.15, 0.2) is 17.7 Å². The number of carbonyl (C=O) groups excluding carboxylic acids is 1. The molecule has 1 heterocycles. The van der Waals surface area contributed by atoms with E-state index in [-0.39, 0.29) is 11.5 Å². The Morgan fingerprint density at radius 2 is 1.83 bits per heavy atom. The molecular formula is C21H22O8. The molecule has 6 atom stereocenters. The maximum absolute atomic E-state index is 13.2. The molecular weight excluding hydrogens is 380 g/mol. The summed E-state index contributed by atoms with van der Waals surface area (Å²) in [6, 6.07) is 7.35. The fraction of sp³-hybridized carbons (Fsp3) is 0.381. The van der Waals surface area contributed by atoms with E-state index in [0.29, 0.717) is 11.3 Å². The minimum Gasteiger partial charge on any atom is -0.497 e. The molecule has 1 aromatic rings. The van der Waals surface area contributed by atoms with Crippen LogP contribution >= 0.6 is 0 Å². The van der Waals surface area contributed by atoms with Crippen molar-refractivity contribution in [3.63, 3.8) is 0 Å². The highest BCUT2D eigenvalue weighted by atomic mass is 16.6. The van der Waals surface area contributed by atoms with E-state index >= 15 is 0 Å². The molecule has 29 heavy (non-hydrogen) atoms. The van der Waals surface area contributed by atoms with Crippen molar-refractivity contribution in [1.82, 2.24) is 0 Å². The van der Waals surface area contributed by atoms with E-state index in [1.165, 1.54) is 6.08 Å². The van der Waals surface area contributed by atoms with Gasteiger partial charge in [0.25, 0.3) is 0 Å². The van der Waals surface area contributed by atoms with Crippen molar-refractivity contribution in [2.75, 3.05) is 13.7 Å². The lowest BCUT2D eigenvalue weighted by molar-refractivity contribution is -0.310. The van der Waals surface area contributed by atoms with E-state index in [9.17, 15) is 30.3 Å². The number of aliphatic hydroxyl groups excluding tert-OH is 4. The van der Waals surface area contributed by atoms with Gasteiger partial charge in [-0.25, -0.2) is 0 Å². The summed E-state index contributed by atoms with van der Waals surface area (Å²) in [5.74, 6) is -0.445. The molecule has 3 aliphatic rings. The zero-order valence-electron chi connectivity index (χ0n) is 15.6. The average Bonchev–Trinajstić information content (AvgIpc) is 2.74. The number of hydrogen-bond acceptors (Lipinski definition) is 8. The highest BCUT2D eigenvalue weighted by Gasteiger charge is 2.60. The van der Waals surface area contributed by atoms with Crippen LogP contribution < -0.4 is 4.74 Å². The topological polar surface area (TPSA) is 137 Å². The average molecular weight is 402 g/mol. The van der Waals surface area contributed by atoms with Crippen LogP contribution in [0.5, 0.6) is 5.75 Å². The van der Waals surface area contributed by atoms with Crippen molar-refractivity contribution in [2.24, 2.45) is 0 Å². The predicted octanol–water partition coefficient (Wildman–Crippen LogP) is -0.683. The van der Waals surface area contributed by atoms with Crippen LogP contribution in [0.15, 0.2) is 59.2 Å². The smallest absolute Gasteiger partial charge is 0.200 e. The Morgan fingerprint density at radius 1 is 1.14 bits per heavy atom. The molecule has 1 aromatic carbocycles. The molecule has 0 aromatic heterocycles. The first-order valence-electron chi connectivity index (χ1n) is 9.18. The number of Topliss-reactive ketones (excluding diaryl/α,β-unsaturated/α-hetero) is 1. The van der Waals surface area contributed by atoms with Crippen LogP contribution in [0.3, 0.4) is 0 Å². The Bertz CT molecular complexity index is 912. The van der Waals surface area contributed by atoms with Gasteiger partial charge in [-0.2, -0.15) is 0 Å². The maximum atomic E-state index is 13.2. The molecule has 2 aliphatic carbocycles. The van der Waals surface area contributed by atoms with Gasteiger partial charge in [-0.3, -0.25) is 4.79 Å². The Labute approximate surface area is 166 Å². The molecule has 8 nitrogen and oxygen atoms in total. The second-order valence-corrected chi connectivity index (χ2v) is 7.34. The summed E-state index contributed by atoms with van der Waals surface area (Å²) in [4.78, 5) is 13.2. The normalized spacial score (nSPS) is 35.8. The molecule has 0 amide bonds. The predicted molar refractivity (Wildman–Crippen MR) is 99.9 cm³/mol. The third-order valence-corrected chi connectivity index (χ3v) is 5.80. The number of rotatable bonds is 5. The van der Waals surface area contributed by atoms with E-state index in [0.717, 1.165) is 11.1 Å². The first kappa shape index (κ1) is 20.0. The lowest BCUT2D eigenvalue weighted by atomic mass is 9.65. The Kier molecular flexibility index (Phi) is 4.94. The Hall–Kier alpha value is -2.33. The number of fused-ring (bicyclic) bond motifs is 2. The van der Waals surface area contributed by atoms with Crippen molar-refractivity contribution < 1.29 is 39.8 Å². The third kappa shape index (κ3) is 2.88. The highest BCUT2D eigenvalue weighted by Crippen LogP contribution is 2.50. The molecule has 4 rings (SSSR count). The standard InChI is InChI=1S/C21H22O8/c1-28-12-5-2-10(3-6-12)16-11-4-7-13(14(16)8-11)17(23)21(27)18(24)15(9-22)29-20(26)19(21)25/h2-8,15-16,18-20,22,24-27H,9H2,1H3/t15-,16?,18-,19+,20-,21+/m1/s1. The van der Waals surface area contributed by atoms with Gasteiger partial charge in [-0.1, -0.05) is 30.4 Å². The van der Waals surface area contributed by atoms with Gasteiger partial charge in [-0.15, -0.1) is 0 Å². The van der Waals surface area contributed by atoms with Crippen LogP contribution in [0.1, 0.15) is 11.5 Å². The minimum absolute atomic E-state index is 0.118. The summed E-state index contributed by atoms with van der Waals surface area (Å²) in [6.07, 6.45) is -2.33. The summed E-state index contributed by atoms with van der Waals surface area (Å²) in [5.41, 5.74) is -0.0843. The molecule has 5 N–H and O–H groups in total. The first-order chi connectivity index (χ1) is 13.8. The molecule has 154 valence electrons.